The van der Waals surface area contributed by atoms with Crippen LogP contribution in [0.2, 0.25) is 0 Å². The van der Waals surface area contributed by atoms with E-state index in [1.807, 2.05) is 121 Å². The largest absolute Gasteiger partial charge is 0.366 e. The van der Waals surface area contributed by atoms with E-state index in [9.17, 15) is 0 Å². The molecule has 0 spiro atoms. The first-order valence-electron chi connectivity index (χ1n) is 10.5. The van der Waals surface area contributed by atoms with Gasteiger partial charge in [-0.05, 0) is 48.5 Å². The third-order valence-electron chi connectivity index (χ3n) is 4.81. The molecule has 0 saturated heterocycles. The van der Waals surface area contributed by atoms with Crippen molar-refractivity contribution in [3.63, 3.8) is 0 Å². The molecule has 0 aliphatic heterocycles. The molecule has 170 valence electrons. The third-order valence-corrected chi connectivity index (χ3v) is 4.81. The van der Waals surface area contributed by atoms with Gasteiger partial charge in [-0.25, -0.2) is 0 Å². The number of para-hydroxylation sites is 4. The number of hydrogen-bond donors (Lipinski definition) is 2. The Labute approximate surface area is 197 Å². The van der Waals surface area contributed by atoms with Gasteiger partial charge < -0.3 is 11.5 Å². The summed E-state index contributed by atoms with van der Waals surface area (Å²) < 4.78 is 0. The Balaban J connectivity index is 1.52. The van der Waals surface area contributed by atoms with Crippen LogP contribution in [-0.4, -0.2) is 11.9 Å². The lowest BCUT2D eigenvalue weighted by atomic mass is 10.2. The Hall–Kier alpha value is -4.98. The van der Waals surface area contributed by atoms with Gasteiger partial charge >= 0.3 is 0 Å². The van der Waals surface area contributed by atoms with Crippen molar-refractivity contribution in [2.45, 2.75) is 0 Å². The molecule has 0 amide bonds. The molecule has 0 bridgehead atoms. The van der Waals surface area contributed by atoms with E-state index in [0.29, 0.717) is 0 Å². The average molecular weight is 453 g/mol. The number of nitrogens with two attached hydrogens (primary N) is 2. The first kappa shape index (κ1) is 22.2. The molecule has 0 unspecified atom stereocenters. The summed E-state index contributed by atoms with van der Waals surface area (Å²) in [6.45, 7) is 0. The summed E-state index contributed by atoms with van der Waals surface area (Å²) in [5, 5.41) is 7.74. The third kappa shape index (κ3) is 5.43. The minimum atomic E-state index is 0.0501. The number of hydrogen-bond acceptors (Lipinski definition) is 4. The molecule has 0 saturated carbocycles. The topological polar surface area (TPSA) is 102 Å². The van der Waals surface area contributed by atoms with Crippen molar-refractivity contribution >= 4 is 34.7 Å². The second-order valence-electron chi connectivity index (χ2n) is 7.06. The van der Waals surface area contributed by atoms with Crippen LogP contribution in [0.15, 0.2) is 132 Å². The van der Waals surface area contributed by atoms with E-state index < -0.39 is 0 Å². The summed E-state index contributed by atoms with van der Waals surface area (Å²) in [7, 11) is 0. The summed E-state index contributed by atoms with van der Waals surface area (Å²) >= 11 is 0. The van der Waals surface area contributed by atoms with E-state index in [-0.39, 0.29) is 11.9 Å². The Morgan fingerprint density at radius 2 is 0.676 bits per heavy atom. The number of guanidine groups is 2. The highest BCUT2D eigenvalue weighted by Gasteiger charge is 2.15. The van der Waals surface area contributed by atoms with Crippen molar-refractivity contribution in [2.75, 3.05) is 9.80 Å². The van der Waals surface area contributed by atoms with E-state index >= 15 is 0 Å². The van der Waals surface area contributed by atoms with Gasteiger partial charge in [0, 0.05) is 33.1 Å². The second kappa shape index (κ2) is 11.1. The van der Waals surface area contributed by atoms with Crippen LogP contribution < -0.4 is 21.3 Å². The Morgan fingerprint density at radius 1 is 0.441 bits per heavy atom. The zero-order chi connectivity index (χ0) is 23.6. The zero-order valence-corrected chi connectivity index (χ0v) is 18.3. The van der Waals surface area contributed by atoms with Crippen LogP contribution in [0.4, 0.5) is 22.7 Å². The molecular weight excluding hydrogens is 428 g/mol. The Bertz CT molecular complexity index is 1040. The number of rotatable bonds is 7. The summed E-state index contributed by atoms with van der Waals surface area (Å²) in [6.07, 6.45) is 0. The van der Waals surface area contributed by atoms with Crippen LogP contribution in [0.5, 0.6) is 0 Å². The fraction of sp³-hybridized carbons (Fsp3) is 0. The van der Waals surface area contributed by atoms with Gasteiger partial charge in [-0.2, -0.15) is 0 Å². The standard InChI is InChI=1S/C26H24N6O2/c27-25(31(21-13-5-1-6-14-21)22-15-7-2-8-16-22)29-33-34-30-26(28)32(23-17-9-3-10-18-23)24-19-11-4-12-20-24/h1-20H,(H2,27,29)(H2,28,30). The highest BCUT2D eigenvalue weighted by Crippen LogP contribution is 2.25. The van der Waals surface area contributed by atoms with Gasteiger partial charge in [0.1, 0.15) is 0 Å². The van der Waals surface area contributed by atoms with E-state index in [0.717, 1.165) is 22.7 Å². The highest BCUT2D eigenvalue weighted by molar-refractivity contribution is 6.02. The molecule has 0 atom stereocenters. The zero-order valence-electron chi connectivity index (χ0n) is 18.3. The summed E-state index contributed by atoms with van der Waals surface area (Å²) in [4.78, 5) is 13.3. The lowest BCUT2D eigenvalue weighted by molar-refractivity contribution is -0.297. The summed E-state index contributed by atoms with van der Waals surface area (Å²) in [5.41, 5.74) is 15.7. The van der Waals surface area contributed by atoms with Crippen molar-refractivity contribution in [1.29, 1.82) is 0 Å². The number of nitrogens with zero attached hydrogens (tertiary/aromatic N) is 4. The molecular formula is C26H24N6O2. The fourth-order valence-electron chi connectivity index (χ4n) is 3.33. The Morgan fingerprint density at radius 3 is 0.912 bits per heavy atom. The van der Waals surface area contributed by atoms with E-state index in [1.54, 1.807) is 9.80 Å². The molecule has 0 aliphatic carbocycles. The van der Waals surface area contributed by atoms with Crippen LogP contribution in [0, 0.1) is 0 Å². The van der Waals surface area contributed by atoms with Crippen LogP contribution in [0.3, 0.4) is 0 Å². The smallest absolute Gasteiger partial charge is 0.247 e. The quantitative estimate of drug-likeness (QED) is 0.133. The van der Waals surface area contributed by atoms with Gasteiger partial charge in [-0.3, -0.25) is 9.80 Å². The number of benzene rings is 4. The molecule has 0 aliphatic rings. The summed E-state index contributed by atoms with van der Waals surface area (Å²) in [5.74, 6) is 0.100. The minimum Gasteiger partial charge on any atom is -0.366 e. The molecule has 4 aromatic rings. The van der Waals surface area contributed by atoms with Crippen molar-refractivity contribution in [2.24, 2.45) is 21.8 Å². The Kier molecular flexibility index (Phi) is 7.22. The fourth-order valence-corrected chi connectivity index (χ4v) is 3.33. The molecule has 4 rings (SSSR count). The molecule has 4 aromatic carbocycles. The molecule has 34 heavy (non-hydrogen) atoms. The predicted octanol–water partition coefficient (Wildman–Crippen LogP) is 5.07. The van der Waals surface area contributed by atoms with Crippen molar-refractivity contribution < 1.29 is 9.98 Å². The van der Waals surface area contributed by atoms with Gasteiger partial charge in [-0.15, -0.1) is 9.98 Å². The van der Waals surface area contributed by atoms with Crippen LogP contribution in [0.25, 0.3) is 0 Å². The first-order valence-corrected chi connectivity index (χ1v) is 10.5. The predicted molar refractivity (Wildman–Crippen MR) is 135 cm³/mol. The maximum Gasteiger partial charge on any atom is 0.247 e. The number of oxime groups is 2. The number of anilines is 4. The SMILES string of the molecule is NC(=NOON=C(N)N(c1ccccc1)c1ccccc1)N(c1ccccc1)c1ccccc1. The van der Waals surface area contributed by atoms with Crippen molar-refractivity contribution in [1.82, 2.24) is 0 Å². The van der Waals surface area contributed by atoms with Crippen LogP contribution in [-0.2, 0) is 9.98 Å². The van der Waals surface area contributed by atoms with Crippen molar-refractivity contribution in [3.8, 4) is 0 Å². The second-order valence-corrected chi connectivity index (χ2v) is 7.06. The lowest BCUT2D eigenvalue weighted by Gasteiger charge is -2.23. The molecule has 8 nitrogen and oxygen atoms in total. The average Bonchev–Trinajstić information content (AvgIpc) is 2.89. The molecule has 0 fully saturated rings. The van der Waals surface area contributed by atoms with E-state index in [2.05, 4.69) is 10.3 Å². The molecule has 4 N–H and O–H groups in total. The lowest BCUT2D eigenvalue weighted by Crippen LogP contribution is -2.34. The minimum absolute atomic E-state index is 0.0501. The van der Waals surface area contributed by atoms with Crippen molar-refractivity contribution in [3.05, 3.63) is 121 Å². The molecule has 0 radical (unpaired) electrons. The van der Waals surface area contributed by atoms with Gasteiger partial charge in [0.15, 0.2) is 0 Å². The van der Waals surface area contributed by atoms with E-state index in [4.69, 9.17) is 21.4 Å². The van der Waals surface area contributed by atoms with E-state index in [1.165, 1.54) is 0 Å². The maximum atomic E-state index is 6.22. The monoisotopic (exact) mass is 452 g/mol. The van der Waals surface area contributed by atoms with Crippen LogP contribution in [0.1, 0.15) is 0 Å². The maximum absolute atomic E-state index is 6.22. The normalized spacial score (nSPS) is 11.5. The van der Waals surface area contributed by atoms with Gasteiger partial charge in [0.25, 0.3) is 0 Å². The first-order chi connectivity index (χ1) is 16.7. The summed E-state index contributed by atoms with van der Waals surface area (Å²) in [6, 6.07) is 38.2. The highest BCUT2D eigenvalue weighted by atomic mass is 17.3. The molecule has 0 heterocycles. The van der Waals surface area contributed by atoms with Gasteiger partial charge in [-0.1, -0.05) is 72.8 Å². The molecule has 8 heteroatoms. The molecule has 0 aromatic heterocycles. The van der Waals surface area contributed by atoms with Crippen LogP contribution >= 0.6 is 0 Å². The van der Waals surface area contributed by atoms with Gasteiger partial charge in [0.05, 0.1) is 0 Å². The van der Waals surface area contributed by atoms with Gasteiger partial charge in [0.2, 0.25) is 11.9 Å².